The van der Waals surface area contributed by atoms with Crippen LogP contribution in [-0.4, -0.2) is 35.2 Å². The lowest BCUT2D eigenvalue weighted by atomic mass is 10.1. The Bertz CT molecular complexity index is 837. The van der Waals surface area contributed by atoms with Gasteiger partial charge in [0.2, 0.25) is 11.8 Å². The molecule has 0 aliphatic carbocycles. The maximum Gasteiger partial charge on any atom is 0.262 e. The molecule has 0 radical (unpaired) electrons. The molecule has 3 amide bonds. The molecule has 0 spiro atoms. The van der Waals surface area contributed by atoms with E-state index in [2.05, 4.69) is 26.6 Å². The fraction of sp³-hybridized carbons (Fsp3) is 0.316. The van der Waals surface area contributed by atoms with Gasteiger partial charge in [0.05, 0.1) is 8.66 Å². The van der Waals surface area contributed by atoms with Crippen LogP contribution in [-0.2, 0) is 16.1 Å². The third-order valence-corrected chi connectivity index (χ3v) is 5.56. The third kappa shape index (κ3) is 6.18. The van der Waals surface area contributed by atoms with Gasteiger partial charge in [0, 0.05) is 25.7 Å². The standard InChI is InChI=1S/C19H22BrN3O3S/c1-4-23(13(3)24)11-14-6-5-7-15(10-14)22-18(25)12(2)21-19(26)16-8-9-17(20)27-16/h5-10,12H,4,11H2,1-3H3,(H,21,26)(H,22,25). The number of carbonyl (C=O) groups is 3. The van der Waals surface area contributed by atoms with Gasteiger partial charge in [0.15, 0.2) is 0 Å². The average Bonchev–Trinajstić information content (AvgIpc) is 3.06. The Morgan fingerprint density at radius 1 is 1.22 bits per heavy atom. The summed E-state index contributed by atoms with van der Waals surface area (Å²) in [5.41, 5.74) is 1.54. The van der Waals surface area contributed by atoms with Crippen molar-refractivity contribution in [3.63, 3.8) is 0 Å². The van der Waals surface area contributed by atoms with Crippen LogP contribution in [0, 0.1) is 0 Å². The van der Waals surface area contributed by atoms with Gasteiger partial charge in [-0.3, -0.25) is 14.4 Å². The van der Waals surface area contributed by atoms with E-state index in [1.165, 1.54) is 18.3 Å². The first-order valence-electron chi connectivity index (χ1n) is 8.51. The molecule has 1 heterocycles. The molecular formula is C19H22BrN3O3S. The summed E-state index contributed by atoms with van der Waals surface area (Å²) in [6, 6.07) is 10.1. The molecule has 2 N–H and O–H groups in total. The average molecular weight is 452 g/mol. The summed E-state index contributed by atoms with van der Waals surface area (Å²) in [5.74, 6) is -0.597. The summed E-state index contributed by atoms with van der Waals surface area (Å²) in [5, 5.41) is 5.49. The van der Waals surface area contributed by atoms with Crippen LogP contribution in [0.3, 0.4) is 0 Å². The van der Waals surface area contributed by atoms with Gasteiger partial charge in [-0.15, -0.1) is 11.3 Å². The van der Waals surface area contributed by atoms with Crippen LogP contribution in [0.4, 0.5) is 5.69 Å². The molecule has 1 atom stereocenters. The Balaban J connectivity index is 1.97. The summed E-state index contributed by atoms with van der Waals surface area (Å²) in [7, 11) is 0. The van der Waals surface area contributed by atoms with Gasteiger partial charge in [0.25, 0.3) is 5.91 Å². The Morgan fingerprint density at radius 3 is 2.56 bits per heavy atom. The highest BCUT2D eigenvalue weighted by Crippen LogP contribution is 2.22. The number of amides is 3. The first kappa shape index (κ1) is 21.1. The van der Waals surface area contributed by atoms with Gasteiger partial charge in [-0.05, 0) is 59.6 Å². The number of carbonyl (C=O) groups excluding carboxylic acids is 3. The number of anilines is 1. The van der Waals surface area contributed by atoms with E-state index in [1.54, 1.807) is 30.0 Å². The van der Waals surface area contributed by atoms with Gasteiger partial charge in [-0.25, -0.2) is 0 Å². The molecule has 0 saturated carbocycles. The maximum atomic E-state index is 12.4. The SMILES string of the molecule is CCN(Cc1cccc(NC(=O)C(C)NC(=O)c2ccc(Br)s2)c1)C(C)=O. The second-order valence-electron chi connectivity index (χ2n) is 6.02. The topological polar surface area (TPSA) is 78.5 Å². The van der Waals surface area contributed by atoms with Gasteiger partial charge < -0.3 is 15.5 Å². The zero-order chi connectivity index (χ0) is 20.0. The van der Waals surface area contributed by atoms with Crippen molar-refractivity contribution in [1.29, 1.82) is 0 Å². The van der Waals surface area contributed by atoms with E-state index >= 15 is 0 Å². The zero-order valence-corrected chi connectivity index (χ0v) is 17.8. The van der Waals surface area contributed by atoms with Crippen molar-refractivity contribution in [3.05, 3.63) is 50.6 Å². The second-order valence-corrected chi connectivity index (χ2v) is 8.48. The molecule has 144 valence electrons. The summed E-state index contributed by atoms with van der Waals surface area (Å²) >= 11 is 4.62. The molecule has 2 aromatic rings. The third-order valence-electron chi connectivity index (χ3n) is 3.93. The lowest BCUT2D eigenvalue weighted by Gasteiger charge is -2.19. The van der Waals surface area contributed by atoms with Gasteiger partial charge in [0.1, 0.15) is 6.04 Å². The van der Waals surface area contributed by atoms with Crippen LogP contribution in [0.25, 0.3) is 0 Å². The fourth-order valence-electron chi connectivity index (χ4n) is 2.43. The molecule has 1 unspecified atom stereocenters. The molecule has 8 heteroatoms. The van der Waals surface area contributed by atoms with Crippen molar-refractivity contribution < 1.29 is 14.4 Å². The van der Waals surface area contributed by atoms with Crippen LogP contribution < -0.4 is 10.6 Å². The largest absolute Gasteiger partial charge is 0.340 e. The maximum absolute atomic E-state index is 12.4. The Hall–Kier alpha value is -2.19. The van der Waals surface area contributed by atoms with E-state index in [1.807, 2.05) is 25.1 Å². The summed E-state index contributed by atoms with van der Waals surface area (Å²) in [6.45, 7) is 6.19. The number of hydrogen-bond acceptors (Lipinski definition) is 4. The normalized spacial score (nSPS) is 11.6. The van der Waals surface area contributed by atoms with Crippen molar-refractivity contribution in [2.45, 2.75) is 33.4 Å². The Labute approximate surface area is 171 Å². The lowest BCUT2D eigenvalue weighted by Crippen LogP contribution is -2.41. The summed E-state index contributed by atoms with van der Waals surface area (Å²) in [4.78, 5) is 38.4. The smallest absolute Gasteiger partial charge is 0.262 e. The first-order chi connectivity index (χ1) is 12.8. The molecule has 6 nitrogen and oxygen atoms in total. The number of halogens is 1. The van der Waals surface area contributed by atoms with Gasteiger partial charge >= 0.3 is 0 Å². The highest BCUT2D eigenvalue weighted by molar-refractivity contribution is 9.11. The highest BCUT2D eigenvalue weighted by atomic mass is 79.9. The lowest BCUT2D eigenvalue weighted by molar-refractivity contribution is -0.129. The molecular weight excluding hydrogens is 430 g/mol. The number of hydrogen-bond donors (Lipinski definition) is 2. The molecule has 2 rings (SSSR count). The van der Waals surface area contributed by atoms with Gasteiger partial charge in [-0.2, -0.15) is 0 Å². The van der Waals surface area contributed by atoms with Crippen molar-refractivity contribution in [1.82, 2.24) is 10.2 Å². The molecule has 0 aliphatic rings. The number of nitrogens with zero attached hydrogens (tertiary/aromatic N) is 1. The number of nitrogens with one attached hydrogen (secondary N) is 2. The predicted octanol–water partition coefficient (Wildman–Crippen LogP) is 3.64. The highest BCUT2D eigenvalue weighted by Gasteiger charge is 2.18. The van der Waals surface area contributed by atoms with Crippen LogP contribution in [0.15, 0.2) is 40.2 Å². The molecule has 0 fully saturated rings. The Morgan fingerprint density at radius 2 is 1.96 bits per heavy atom. The molecule has 27 heavy (non-hydrogen) atoms. The minimum Gasteiger partial charge on any atom is -0.340 e. The Kier molecular flexibility index (Phi) is 7.55. The molecule has 0 saturated heterocycles. The van der Waals surface area contributed by atoms with E-state index in [9.17, 15) is 14.4 Å². The van der Waals surface area contributed by atoms with E-state index in [-0.39, 0.29) is 17.7 Å². The van der Waals surface area contributed by atoms with Crippen LogP contribution in [0.5, 0.6) is 0 Å². The zero-order valence-electron chi connectivity index (χ0n) is 15.4. The second kappa shape index (κ2) is 9.66. The minimum absolute atomic E-state index is 0.00323. The number of thiophene rings is 1. The quantitative estimate of drug-likeness (QED) is 0.674. The van der Waals surface area contributed by atoms with Crippen molar-refractivity contribution in [2.75, 3.05) is 11.9 Å². The first-order valence-corrected chi connectivity index (χ1v) is 10.1. The van der Waals surface area contributed by atoms with Crippen molar-refractivity contribution >= 4 is 50.7 Å². The van der Waals surface area contributed by atoms with Crippen molar-refractivity contribution in [2.24, 2.45) is 0 Å². The van der Waals surface area contributed by atoms with Crippen LogP contribution in [0.1, 0.15) is 36.0 Å². The monoisotopic (exact) mass is 451 g/mol. The number of benzene rings is 1. The predicted molar refractivity (Wildman–Crippen MR) is 111 cm³/mol. The van der Waals surface area contributed by atoms with E-state index in [0.29, 0.717) is 23.7 Å². The number of rotatable bonds is 7. The van der Waals surface area contributed by atoms with Gasteiger partial charge in [-0.1, -0.05) is 12.1 Å². The summed E-state index contributed by atoms with van der Waals surface area (Å²) in [6.07, 6.45) is 0. The van der Waals surface area contributed by atoms with E-state index < -0.39 is 6.04 Å². The van der Waals surface area contributed by atoms with Crippen LogP contribution >= 0.6 is 27.3 Å². The summed E-state index contributed by atoms with van der Waals surface area (Å²) < 4.78 is 0.855. The van der Waals surface area contributed by atoms with Crippen LogP contribution in [0.2, 0.25) is 0 Å². The molecule has 0 aliphatic heterocycles. The minimum atomic E-state index is -0.689. The molecule has 1 aromatic carbocycles. The van der Waals surface area contributed by atoms with Crippen molar-refractivity contribution in [3.8, 4) is 0 Å². The fourth-order valence-corrected chi connectivity index (χ4v) is 3.72. The molecule has 1 aromatic heterocycles. The molecule has 0 bridgehead atoms. The van der Waals surface area contributed by atoms with E-state index in [0.717, 1.165) is 9.35 Å². The van der Waals surface area contributed by atoms with E-state index in [4.69, 9.17) is 0 Å².